The van der Waals surface area contributed by atoms with E-state index >= 15 is 0 Å². The van der Waals surface area contributed by atoms with Crippen LogP contribution >= 0.6 is 0 Å². The number of piperidine rings is 1. The molecule has 1 aliphatic carbocycles. The number of anilines is 1. The van der Waals surface area contributed by atoms with Gasteiger partial charge in [-0.2, -0.15) is 0 Å². The molecule has 3 amide bonds. The van der Waals surface area contributed by atoms with Gasteiger partial charge in [0.05, 0.1) is 5.41 Å². The highest BCUT2D eigenvalue weighted by molar-refractivity contribution is 6.04. The Kier molecular flexibility index (Phi) is 5.17. The molecule has 1 aromatic rings. The third kappa shape index (κ3) is 3.25. The van der Waals surface area contributed by atoms with Crippen molar-refractivity contribution in [3.8, 4) is 0 Å². The maximum absolute atomic E-state index is 13.0. The highest BCUT2D eigenvalue weighted by Gasteiger charge is 2.64. The van der Waals surface area contributed by atoms with E-state index in [1.54, 1.807) is 24.3 Å². The Morgan fingerprint density at radius 2 is 1.79 bits per heavy atom. The summed E-state index contributed by atoms with van der Waals surface area (Å²) in [5.41, 5.74) is 0.381. The van der Waals surface area contributed by atoms with Crippen molar-refractivity contribution in [1.82, 2.24) is 4.90 Å². The number of likely N-dealkylation sites (tertiary alicyclic amines) is 1. The van der Waals surface area contributed by atoms with Crippen molar-refractivity contribution in [3.05, 3.63) is 29.8 Å². The minimum Gasteiger partial charge on any atom is -0.326 e. The maximum Gasteiger partial charge on any atom is 0.235 e. The third-order valence-corrected chi connectivity index (χ3v) is 6.87. The van der Waals surface area contributed by atoms with Gasteiger partial charge in [-0.15, -0.1) is 0 Å². The summed E-state index contributed by atoms with van der Waals surface area (Å²) in [4.78, 5) is 50.6. The van der Waals surface area contributed by atoms with Gasteiger partial charge in [0.15, 0.2) is 5.78 Å². The Bertz CT molecular complexity index is 827. The van der Waals surface area contributed by atoms with Crippen LogP contribution in [0.4, 0.5) is 5.69 Å². The highest BCUT2D eigenvalue weighted by atomic mass is 16.2. The number of ketones is 1. The zero-order valence-electron chi connectivity index (χ0n) is 17.0. The van der Waals surface area contributed by atoms with Crippen molar-refractivity contribution in [2.75, 3.05) is 11.9 Å². The molecule has 150 valence electrons. The second kappa shape index (κ2) is 7.15. The van der Waals surface area contributed by atoms with Crippen molar-refractivity contribution < 1.29 is 19.2 Å². The molecule has 1 N–H and O–H groups in total. The van der Waals surface area contributed by atoms with Crippen molar-refractivity contribution in [2.24, 2.45) is 16.7 Å². The predicted octanol–water partition coefficient (Wildman–Crippen LogP) is 3.42. The van der Waals surface area contributed by atoms with Gasteiger partial charge < -0.3 is 5.32 Å². The number of carbonyl (C=O) groups is 4. The fraction of sp³-hybridized carbons (Fsp3) is 0.545. The maximum atomic E-state index is 13.0. The van der Waals surface area contributed by atoms with Crippen LogP contribution in [0.25, 0.3) is 0 Å². The van der Waals surface area contributed by atoms with Crippen LogP contribution in [0, 0.1) is 16.7 Å². The van der Waals surface area contributed by atoms with Gasteiger partial charge in [0.25, 0.3) is 0 Å². The lowest BCUT2D eigenvalue weighted by Gasteiger charge is -2.47. The normalized spacial score (nSPS) is 25.7. The molecule has 0 spiro atoms. The Hall–Kier alpha value is -2.50. The first-order valence-corrected chi connectivity index (χ1v) is 9.84. The van der Waals surface area contributed by atoms with Crippen LogP contribution in [0.5, 0.6) is 0 Å². The molecule has 1 saturated carbocycles. The van der Waals surface area contributed by atoms with Gasteiger partial charge in [-0.1, -0.05) is 20.8 Å². The Labute approximate surface area is 165 Å². The number of rotatable bonds is 6. The van der Waals surface area contributed by atoms with Gasteiger partial charge in [-0.3, -0.25) is 24.1 Å². The number of hydrogen-bond donors (Lipinski definition) is 1. The molecule has 1 aliphatic heterocycles. The number of nitrogens with one attached hydrogen (secondary N) is 1. The van der Waals surface area contributed by atoms with E-state index in [-0.39, 0.29) is 47.8 Å². The summed E-state index contributed by atoms with van der Waals surface area (Å²) < 4.78 is 0. The third-order valence-electron chi connectivity index (χ3n) is 6.87. The summed E-state index contributed by atoms with van der Waals surface area (Å²) in [7, 11) is 0. The largest absolute Gasteiger partial charge is 0.326 e. The standard InChI is InChI=1S/C22H28N2O4/c1-14(25)15-7-9-16(10-8-15)23-18(26)6-5-13-24-19(27)17-11-12-22(4,20(24)28)21(17,2)3/h7-10,17H,5-6,11-13H2,1-4H3,(H,23,26). The molecular formula is C22H28N2O4. The lowest BCUT2D eigenvalue weighted by atomic mass is 9.62. The van der Waals surface area contributed by atoms with Crippen molar-refractivity contribution in [1.29, 1.82) is 0 Å². The summed E-state index contributed by atoms with van der Waals surface area (Å²) in [5, 5.41) is 2.78. The van der Waals surface area contributed by atoms with Crippen molar-refractivity contribution >= 4 is 29.2 Å². The summed E-state index contributed by atoms with van der Waals surface area (Å²) in [6.45, 7) is 7.76. The molecule has 3 rings (SSSR count). The minimum atomic E-state index is -0.508. The van der Waals surface area contributed by atoms with Crippen LogP contribution in [0.15, 0.2) is 24.3 Å². The van der Waals surface area contributed by atoms with E-state index in [0.29, 0.717) is 17.7 Å². The van der Waals surface area contributed by atoms with Crippen molar-refractivity contribution in [3.63, 3.8) is 0 Å². The molecule has 2 fully saturated rings. The molecule has 6 nitrogen and oxygen atoms in total. The molecule has 0 radical (unpaired) electrons. The van der Waals surface area contributed by atoms with E-state index in [4.69, 9.17) is 0 Å². The number of imide groups is 1. The van der Waals surface area contributed by atoms with E-state index in [1.165, 1.54) is 11.8 Å². The molecule has 1 aromatic carbocycles. The SMILES string of the molecule is CC(=O)c1ccc(NC(=O)CCCN2C(=O)C3CCC(C)(C2=O)C3(C)C)cc1. The summed E-state index contributed by atoms with van der Waals surface area (Å²) >= 11 is 0. The zero-order chi connectivity index (χ0) is 20.7. The first-order chi connectivity index (χ1) is 13.1. The summed E-state index contributed by atoms with van der Waals surface area (Å²) in [5.74, 6) is -0.521. The van der Waals surface area contributed by atoms with Crippen LogP contribution in [0.1, 0.15) is 63.7 Å². The average molecular weight is 384 g/mol. The molecule has 2 bridgehead atoms. The van der Waals surface area contributed by atoms with E-state index in [1.807, 2.05) is 20.8 Å². The number of fused-ring (bicyclic) bond motifs is 2. The Morgan fingerprint density at radius 3 is 2.39 bits per heavy atom. The van der Waals surface area contributed by atoms with Gasteiger partial charge in [0.2, 0.25) is 17.7 Å². The molecule has 0 aromatic heterocycles. The van der Waals surface area contributed by atoms with Crippen LogP contribution in [-0.4, -0.2) is 34.9 Å². The van der Waals surface area contributed by atoms with Crippen LogP contribution in [-0.2, 0) is 14.4 Å². The van der Waals surface area contributed by atoms with Crippen molar-refractivity contribution in [2.45, 2.75) is 53.4 Å². The number of carbonyl (C=O) groups excluding carboxylic acids is 4. The van der Waals surface area contributed by atoms with Gasteiger partial charge in [0, 0.05) is 30.1 Å². The van der Waals surface area contributed by atoms with Crippen LogP contribution < -0.4 is 5.32 Å². The lowest BCUT2D eigenvalue weighted by Crippen LogP contribution is -2.59. The molecular weight excluding hydrogens is 356 g/mol. The number of nitrogens with zero attached hydrogens (tertiary/aromatic N) is 1. The number of Topliss-reactive ketones (excluding diaryl/α,β-unsaturated/α-hetero) is 1. The first kappa shape index (κ1) is 20.2. The Morgan fingerprint density at radius 1 is 1.14 bits per heavy atom. The van der Waals surface area contributed by atoms with E-state index < -0.39 is 5.41 Å². The lowest BCUT2D eigenvalue weighted by molar-refractivity contribution is -0.168. The average Bonchev–Trinajstić information content (AvgIpc) is 2.82. The first-order valence-electron chi connectivity index (χ1n) is 9.84. The molecule has 1 heterocycles. The van der Waals surface area contributed by atoms with E-state index in [0.717, 1.165) is 12.8 Å². The number of hydrogen-bond acceptors (Lipinski definition) is 4. The number of benzene rings is 1. The molecule has 28 heavy (non-hydrogen) atoms. The van der Waals surface area contributed by atoms with Crippen LogP contribution in [0.2, 0.25) is 0 Å². The summed E-state index contributed by atoms with van der Waals surface area (Å²) in [6.07, 6.45) is 2.14. The molecule has 2 unspecified atom stereocenters. The zero-order valence-corrected chi connectivity index (χ0v) is 17.0. The topological polar surface area (TPSA) is 83.6 Å². The smallest absolute Gasteiger partial charge is 0.235 e. The Balaban J connectivity index is 1.55. The van der Waals surface area contributed by atoms with Crippen LogP contribution in [0.3, 0.4) is 0 Å². The molecule has 2 atom stereocenters. The van der Waals surface area contributed by atoms with Gasteiger partial charge in [-0.05, 0) is 55.9 Å². The second-order valence-corrected chi connectivity index (χ2v) is 8.73. The fourth-order valence-electron chi connectivity index (χ4n) is 4.52. The second-order valence-electron chi connectivity index (χ2n) is 8.73. The van der Waals surface area contributed by atoms with E-state index in [2.05, 4.69) is 5.32 Å². The van der Waals surface area contributed by atoms with Gasteiger partial charge in [0.1, 0.15) is 0 Å². The molecule has 6 heteroatoms. The predicted molar refractivity (Wildman–Crippen MR) is 106 cm³/mol. The molecule has 1 saturated heterocycles. The monoisotopic (exact) mass is 384 g/mol. The quantitative estimate of drug-likeness (QED) is 0.602. The van der Waals surface area contributed by atoms with Gasteiger partial charge >= 0.3 is 0 Å². The number of amides is 3. The highest BCUT2D eigenvalue weighted by Crippen LogP contribution is 2.60. The minimum absolute atomic E-state index is 0.0282. The van der Waals surface area contributed by atoms with E-state index in [9.17, 15) is 19.2 Å². The summed E-state index contributed by atoms with van der Waals surface area (Å²) in [6, 6.07) is 6.71. The molecule has 2 aliphatic rings. The fourth-order valence-corrected chi connectivity index (χ4v) is 4.52. The van der Waals surface area contributed by atoms with Gasteiger partial charge in [-0.25, -0.2) is 0 Å².